The monoisotopic (exact) mass is 308 g/mol. The maximum atomic E-state index is 12.1. The van der Waals surface area contributed by atoms with Gasteiger partial charge < -0.3 is 15.7 Å². The number of rotatable bonds is 4. The zero-order chi connectivity index (χ0) is 15.9. The smallest absolute Gasteiger partial charge is 0.309 e. The van der Waals surface area contributed by atoms with Crippen LogP contribution in [0.15, 0.2) is 0 Å². The van der Waals surface area contributed by atoms with Gasteiger partial charge in [-0.2, -0.15) is 0 Å². The maximum absolute atomic E-state index is 12.1. The van der Waals surface area contributed by atoms with E-state index in [1.54, 1.807) is 6.92 Å². The number of nitrogens with one attached hydrogen (secondary N) is 2. The first-order valence-electron chi connectivity index (χ1n) is 8.65. The van der Waals surface area contributed by atoms with E-state index in [1.165, 1.54) is 38.5 Å². The van der Waals surface area contributed by atoms with Crippen molar-refractivity contribution in [3.63, 3.8) is 0 Å². The summed E-state index contributed by atoms with van der Waals surface area (Å²) in [5.74, 6) is 1.28. The molecule has 2 atom stereocenters. The molecule has 4 aliphatic carbocycles. The predicted octanol–water partition coefficient (Wildman–Crippen LogP) is 1.20. The number of aliphatic hydroxyl groups excluding tert-OH is 1. The second-order valence-corrected chi connectivity index (χ2v) is 8.03. The Morgan fingerprint density at radius 2 is 1.55 bits per heavy atom. The van der Waals surface area contributed by atoms with Crippen LogP contribution >= 0.6 is 0 Å². The van der Waals surface area contributed by atoms with E-state index in [0.717, 1.165) is 17.8 Å². The van der Waals surface area contributed by atoms with Crippen molar-refractivity contribution in [3.8, 4) is 0 Å². The molecule has 22 heavy (non-hydrogen) atoms. The normalized spacial score (nSPS) is 38.4. The zero-order valence-corrected chi connectivity index (χ0v) is 13.6. The fourth-order valence-electron chi connectivity index (χ4n) is 5.44. The first kappa shape index (κ1) is 15.8. The van der Waals surface area contributed by atoms with Gasteiger partial charge in [0.1, 0.15) is 0 Å². The third kappa shape index (κ3) is 3.00. The summed E-state index contributed by atoms with van der Waals surface area (Å²) >= 11 is 0. The molecule has 0 spiro atoms. The zero-order valence-electron chi connectivity index (χ0n) is 13.6. The molecule has 4 rings (SSSR count). The molecule has 0 aromatic heterocycles. The van der Waals surface area contributed by atoms with Crippen molar-refractivity contribution in [1.29, 1.82) is 0 Å². The first-order chi connectivity index (χ1) is 10.4. The van der Waals surface area contributed by atoms with E-state index in [9.17, 15) is 14.7 Å². The van der Waals surface area contributed by atoms with Crippen LogP contribution in [-0.4, -0.2) is 35.6 Å². The van der Waals surface area contributed by atoms with E-state index in [-0.39, 0.29) is 18.0 Å². The lowest BCUT2D eigenvalue weighted by molar-refractivity contribution is -0.141. The van der Waals surface area contributed by atoms with Gasteiger partial charge in [0, 0.05) is 12.6 Å². The van der Waals surface area contributed by atoms with Crippen molar-refractivity contribution in [1.82, 2.24) is 10.6 Å². The Morgan fingerprint density at radius 3 is 2.00 bits per heavy atom. The minimum absolute atomic E-state index is 0.0469. The molecule has 4 aliphatic rings. The Kier molecular flexibility index (Phi) is 4.19. The lowest BCUT2D eigenvalue weighted by atomic mass is 9.48. The molecule has 0 aliphatic heterocycles. The molecule has 5 heteroatoms. The van der Waals surface area contributed by atoms with Crippen LogP contribution in [0.2, 0.25) is 0 Å². The Balaban J connectivity index is 1.58. The van der Waals surface area contributed by atoms with Crippen LogP contribution in [0.5, 0.6) is 0 Å². The van der Waals surface area contributed by atoms with Gasteiger partial charge in [0.2, 0.25) is 0 Å². The molecule has 0 aromatic rings. The third-order valence-electron chi connectivity index (χ3n) is 6.12. The minimum Gasteiger partial charge on any atom is -0.392 e. The van der Waals surface area contributed by atoms with Crippen LogP contribution in [0.1, 0.15) is 52.4 Å². The summed E-state index contributed by atoms with van der Waals surface area (Å²) in [6.45, 7) is 3.75. The summed E-state index contributed by atoms with van der Waals surface area (Å²) in [6.07, 6.45) is 7.08. The molecule has 0 saturated heterocycles. The van der Waals surface area contributed by atoms with Crippen LogP contribution < -0.4 is 10.6 Å². The largest absolute Gasteiger partial charge is 0.392 e. The van der Waals surface area contributed by atoms with E-state index >= 15 is 0 Å². The standard InChI is InChI=1S/C17H28N2O3/c1-10(20)9-18-15(21)16(22)19-11(2)17-6-12-3-13(7-17)5-14(4-12)8-17/h10-14,20H,3-9H2,1-2H3,(H,18,21)(H,19,22). The number of hydrogen-bond donors (Lipinski definition) is 3. The van der Waals surface area contributed by atoms with E-state index < -0.39 is 17.9 Å². The van der Waals surface area contributed by atoms with Gasteiger partial charge >= 0.3 is 11.8 Å². The van der Waals surface area contributed by atoms with E-state index in [4.69, 9.17) is 0 Å². The number of carbonyl (C=O) groups excluding carboxylic acids is 2. The predicted molar refractivity (Wildman–Crippen MR) is 82.9 cm³/mol. The van der Waals surface area contributed by atoms with Crippen molar-refractivity contribution in [2.45, 2.75) is 64.5 Å². The molecule has 3 N–H and O–H groups in total. The Morgan fingerprint density at radius 1 is 1.05 bits per heavy atom. The third-order valence-corrected chi connectivity index (χ3v) is 6.12. The maximum Gasteiger partial charge on any atom is 0.309 e. The molecule has 2 amide bonds. The molecule has 0 radical (unpaired) electrons. The highest BCUT2D eigenvalue weighted by Gasteiger charge is 2.53. The molecule has 4 bridgehead atoms. The molecule has 0 heterocycles. The highest BCUT2D eigenvalue weighted by molar-refractivity contribution is 6.35. The number of aliphatic hydroxyl groups is 1. The van der Waals surface area contributed by atoms with Crippen LogP contribution in [0.25, 0.3) is 0 Å². The van der Waals surface area contributed by atoms with Crippen molar-refractivity contribution < 1.29 is 14.7 Å². The average molecular weight is 308 g/mol. The van der Waals surface area contributed by atoms with Gasteiger partial charge in [0.25, 0.3) is 0 Å². The molecular formula is C17H28N2O3. The molecule has 2 unspecified atom stereocenters. The van der Waals surface area contributed by atoms with E-state index in [1.807, 2.05) is 0 Å². The quantitative estimate of drug-likeness (QED) is 0.683. The van der Waals surface area contributed by atoms with Crippen LogP contribution in [0.4, 0.5) is 0 Å². The van der Waals surface area contributed by atoms with Gasteiger partial charge in [-0.25, -0.2) is 0 Å². The van der Waals surface area contributed by atoms with E-state index in [2.05, 4.69) is 17.6 Å². The number of hydrogen-bond acceptors (Lipinski definition) is 3. The lowest BCUT2D eigenvalue weighted by Crippen LogP contribution is -2.57. The summed E-state index contributed by atoms with van der Waals surface area (Å²) in [5.41, 5.74) is 0.203. The summed E-state index contributed by atoms with van der Waals surface area (Å²) in [5, 5.41) is 14.6. The molecule has 4 saturated carbocycles. The molecule has 124 valence electrons. The highest BCUT2D eigenvalue weighted by atomic mass is 16.3. The Labute approximate surface area is 132 Å². The molecule has 0 aromatic carbocycles. The Hall–Kier alpha value is -1.10. The van der Waals surface area contributed by atoms with Crippen molar-refractivity contribution in [3.05, 3.63) is 0 Å². The minimum atomic E-state index is -0.641. The summed E-state index contributed by atoms with van der Waals surface area (Å²) < 4.78 is 0. The topological polar surface area (TPSA) is 78.4 Å². The molecule has 5 nitrogen and oxygen atoms in total. The SMILES string of the molecule is CC(O)CNC(=O)C(=O)NC(C)C12CC3CC(CC(C3)C1)C2. The fraction of sp³-hybridized carbons (Fsp3) is 0.882. The highest BCUT2D eigenvalue weighted by Crippen LogP contribution is 2.61. The number of carbonyl (C=O) groups is 2. The molecule has 4 fully saturated rings. The van der Waals surface area contributed by atoms with Crippen molar-refractivity contribution >= 4 is 11.8 Å². The second-order valence-electron chi connectivity index (χ2n) is 8.03. The summed E-state index contributed by atoms with van der Waals surface area (Å²) in [6, 6.07) is 0.0469. The Bertz CT molecular complexity index is 426. The van der Waals surface area contributed by atoms with Crippen LogP contribution in [0.3, 0.4) is 0 Å². The van der Waals surface area contributed by atoms with Gasteiger partial charge in [-0.15, -0.1) is 0 Å². The van der Waals surface area contributed by atoms with Crippen molar-refractivity contribution in [2.24, 2.45) is 23.2 Å². The second kappa shape index (κ2) is 5.84. The number of amides is 2. The van der Waals surface area contributed by atoms with Gasteiger partial charge in [0.15, 0.2) is 0 Å². The van der Waals surface area contributed by atoms with Crippen LogP contribution in [-0.2, 0) is 9.59 Å². The average Bonchev–Trinajstić information content (AvgIpc) is 2.43. The summed E-state index contributed by atoms with van der Waals surface area (Å²) in [4.78, 5) is 23.8. The van der Waals surface area contributed by atoms with Gasteiger partial charge in [0.05, 0.1) is 6.10 Å². The fourth-order valence-corrected chi connectivity index (χ4v) is 5.44. The first-order valence-corrected chi connectivity index (χ1v) is 8.65. The van der Waals surface area contributed by atoms with Gasteiger partial charge in [-0.1, -0.05) is 0 Å². The van der Waals surface area contributed by atoms with Gasteiger partial charge in [-0.05, 0) is 75.5 Å². The van der Waals surface area contributed by atoms with E-state index in [0.29, 0.717) is 0 Å². The molecular weight excluding hydrogens is 280 g/mol. The van der Waals surface area contributed by atoms with Gasteiger partial charge in [-0.3, -0.25) is 9.59 Å². The summed E-state index contributed by atoms with van der Waals surface area (Å²) in [7, 11) is 0. The van der Waals surface area contributed by atoms with Crippen molar-refractivity contribution in [2.75, 3.05) is 6.54 Å². The lowest BCUT2D eigenvalue weighted by Gasteiger charge is -2.59. The van der Waals surface area contributed by atoms with Crippen LogP contribution in [0, 0.1) is 23.2 Å².